The Labute approximate surface area is 168 Å². The minimum atomic E-state index is 0.272. The summed E-state index contributed by atoms with van der Waals surface area (Å²) in [5, 5.41) is 5.71. The van der Waals surface area contributed by atoms with E-state index in [2.05, 4.69) is 27.0 Å². The van der Waals surface area contributed by atoms with Crippen LogP contribution in [0.25, 0.3) is 16.0 Å². The van der Waals surface area contributed by atoms with Crippen LogP contribution in [0.1, 0.15) is 31.4 Å². The van der Waals surface area contributed by atoms with Crippen LogP contribution >= 0.6 is 11.3 Å². The highest BCUT2D eigenvalue weighted by Gasteiger charge is 2.30. The van der Waals surface area contributed by atoms with Crippen molar-refractivity contribution in [2.45, 2.75) is 32.6 Å². The Bertz CT molecular complexity index is 981. The van der Waals surface area contributed by atoms with Crippen LogP contribution in [0, 0.1) is 12.8 Å². The SMILES string of the molecule is Cc1nn(-c2ccccc2)c2nc(N3CCN(C(=O)C4CCCC4)CC3)sc12. The fourth-order valence-corrected chi connectivity index (χ4v) is 5.39. The highest BCUT2D eigenvalue weighted by atomic mass is 32.1. The molecule has 146 valence electrons. The monoisotopic (exact) mass is 395 g/mol. The molecule has 1 aliphatic carbocycles. The third-order valence-corrected chi connectivity index (χ3v) is 7.16. The van der Waals surface area contributed by atoms with Gasteiger partial charge in [0.25, 0.3) is 0 Å². The van der Waals surface area contributed by atoms with Crippen molar-refractivity contribution in [3.05, 3.63) is 36.0 Å². The van der Waals surface area contributed by atoms with Gasteiger partial charge in [-0.3, -0.25) is 4.79 Å². The fourth-order valence-electron chi connectivity index (χ4n) is 4.36. The Morgan fingerprint density at radius 3 is 2.50 bits per heavy atom. The number of piperazine rings is 1. The summed E-state index contributed by atoms with van der Waals surface area (Å²) in [5.41, 5.74) is 2.97. The van der Waals surface area contributed by atoms with E-state index in [1.54, 1.807) is 11.3 Å². The van der Waals surface area contributed by atoms with Gasteiger partial charge in [0.05, 0.1) is 16.1 Å². The van der Waals surface area contributed by atoms with Crippen LogP contribution in [0.3, 0.4) is 0 Å². The summed E-state index contributed by atoms with van der Waals surface area (Å²) in [5.74, 6) is 0.644. The molecule has 1 aliphatic heterocycles. The molecule has 5 rings (SSSR count). The molecule has 0 bridgehead atoms. The van der Waals surface area contributed by atoms with Crippen molar-refractivity contribution in [3.8, 4) is 5.69 Å². The molecule has 1 aromatic carbocycles. The van der Waals surface area contributed by atoms with Gasteiger partial charge in [0.15, 0.2) is 10.8 Å². The number of carbonyl (C=O) groups excluding carboxylic acids is 1. The van der Waals surface area contributed by atoms with E-state index < -0.39 is 0 Å². The number of anilines is 1. The van der Waals surface area contributed by atoms with Gasteiger partial charge < -0.3 is 9.80 Å². The zero-order chi connectivity index (χ0) is 19.1. The lowest BCUT2D eigenvalue weighted by Crippen LogP contribution is -2.50. The molecule has 0 atom stereocenters. The van der Waals surface area contributed by atoms with E-state index in [9.17, 15) is 4.79 Å². The first kappa shape index (κ1) is 17.7. The maximum absolute atomic E-state index is 12.7. The lowest BCUT2D eigenvalue weighted by Gasteiger charge is -2.35. The number of hydrogen-bond acceptors (Lipinski definition) is 5. The van der Waals surface area contributed by atoms with E-state index in [-0.39, 0.29) is 5.92 Å². The first-order valence-corrected chi connectivity index (χ1v) is 11.0. The quantitative estimate of drug-likeness (QED) is 0.680. The van der Waals surface area contributed by atoms with Crippen LogP contribution in [-0.2, 0) is 4.79 Å². The molecule has 3 aromatic rings. The molecule has 3 heterocycles. The predicted molar refractivity (Wildman–Crippen MR) is 112 cm³/mol. The van der Waals surface area contributed by atoms with E-state index in [1.165, 1.54) is 12.8 Å². The van der Waals surface area contributed by atoms with E-state index >= 15 is 0 Å². The number of rotatable bonds is 3. The summed E-state index contributed by atoms with van der Waals surface area (Å²) in [6.45, 7) is 5.35. The van der Waals surface area contributed by atoms with E-state index in [4.69, 9.17) is 4.98 Å². The molecule has 6 nitrogen and oxygen atoms in total. The standard InChI is InChI=1S/C21H25N5OS/c1-15-18-19(26(23-15)17-9-3-2-4-10-17)22-21(28-18)25-13-11-24(12-14-25)20(27)16-7-5-6-8-16/h2-4,9-10,16H,5-8,11-14H2,1H3. The number of nitrogens with zero attached hydrogens (tertiary/aromatic N) is 5. The first-order chi connectivity index (χ1) is 13.7. The molecule has 2 aliphatic rings. The molecule has 7 heteroatoms. The van der Waals surface area contributed by atoms with Gasteiger partial charge in [0, 0.05) is 32.1 Å². The van der Waals surface area contributed by atoms with E-state index in [1.807, 2.05) is 29.8 Å². The molecule has 0 spiro atoms. The zero-order valence-electron chi connectivity index (χ0n) is 16.2. The average molecular weight is 396 g/mol. The Hall–Kier alpha value is -2.41. The van der Waals surface area contributed by atoms with Crippen LogP contribution < -0.4 is 4.90 Å². The van der Waals surface area contributed by atoms with Crippen molar-refractivity contribution in [2.75, 3.05) is 31.1 Å². The number of thiazole rings is 1. The fraction of sp³-hybridized carbons (Fsp3) is 0.476. The van der Waals surface area contributed by atoms with Crippen molar-refractivity contribution in [1.82, 2.24) is 19.7 Å². The number of hydrogen-bond donors (Lipinski definition) is 0. The zero-order valence-corrected chi connectivity index (χ0v) is 17.0. The topological polar surface area (TPSA) is 54.3 Å². The molecule has 2 aromatic heterocycles. The second-order valence-corrected chi connectivity index (χ2v) is 8.75. The molecule has 1 saturated carbocycles. The van der Waals surface area contributed by atoms with Gasteiger partial charge in [-0.1, -0.05) is 42.4 Å². The lowest BCUT2D eigenvalue weighted by molar-refractivity contribution is -0.135. The molecule has 2 fully saturated rings. The highest BCUT2D eigenvalue weighted by molar-refractivity contribution is 7.22. The summed E-state index contributed by atoms with van der Waals surface area (Å²) in [6, 6.07) is 10.2. The Morgan fingerprint density at radius 2 is 1.79 bits per heavy atom. The molecule has 1 saturated heterocycles. The summed E-state index contributed by atoms with van der Waals surface area (Å²) in [6.07, 6.45) is 4.57. The number of carbonyl (C=O) groups is 1. The normalized spacial score (nSPS) is 18.3. The first-order valence-electron chi connectivity index (χ1n) is 10.2. The second kappa shape index (κ2) is 7.20. The Balaban J connectivity index is 1.34. The van der Waals surface area contributed by atoms with Crippen molar-refractivity contribution < 1.29 is 4.79 Å². The number of aryl methyl sites for hydroxylation is 1. The van der Waals surface area contributed by atoms with Crippen molar-refractivity contribution in [3.63, 3.8) is 0 Å². The minimum absolute atomic E-state index is 0.272. The third kappa shape index (κ3) is 3.07. The van der Waals surface area contributed by atoms with Gasteiger partial charge in [0.1, 0.15) is 0 Å². The van der Waals surface area contributed by atoms with Crippen LogP contribution in [0.4, 0.5) is 5.13 Å². The van der Waals surface area contributed by atoms with Crippen LogP contribution in [-0.4, -0.2) is 51.8 Å². The molecule has 0 unspecified atom stereocenters. The van der Waals surface area contributed by atoms with Gasteiger partial charge in [0.2, 0.25) is 5.91 Å². The molecule has 0 radical (unpaired) electrons. The maximum Gasteiger partial charge on any atom is 0.225 e. The van der Waals surface area contributed by atoms with Crippen molar-refractivity contribution >= 4 is 32.7 Å². The number of fused-ring (bicyclic) bond motifs is 1. The maximum atomic E-state index is 12.7. The van der Waals surface area contributed by atoms with Gasteiger partial charge in [-0.15, -0.1) is 0 Å². The van der Waals surface area contributed by atoms with E-state index in [0.29, 0.717) is 5.91 Å². The Kier molecular flexibility index (Phi) is 4.55. The lowest BCUT2D eigenvalue weighted by atomic mass is 10.1. The molecule has 28 heavy (non-hydrogen) atoms. The van der Waals surface area contributed by atoms with Gasteiger partial charge in [-0.2, -0.15) is 10.1 Å². The summed E-state index contributed by atoms with van der Waals surface area (Å²) in [7, 11) is 0. The minimum Gasteiger partial charge on any atom is -0.344 e. The number of amides is 1. The van der Waals surface area contributed by atoms with Crippen LogP contribution in [0.15, 0.2) is 30.3 Å². The van der Waals surface area contributed by atoms with Crippen LogP contribution in [0.2, 0.25) is 0 Å². The largest absolute Gasteiger partial charge is 0.344 e. The second-order valence-electron chi connectivity index (χ2n) is 7.78. The number of aromatic nitrogens is 3. The number of para-hydroxylation sites is 1. The molecule has 0 N–H and O–H groups in total. The third-order valence-electron chi connectivity index (χ3n) is 5.94. The highest BCUT2D eigenvalue weighted by Crippen LogP contribution is 2.33. The smallest absolute Gasteiger partial charge is 0.225 e. The average Bonchev–Trinajstić information content (AvgIpc) is 3.47. The number of benzene rings is 1. The molecular weight excluding hydrogens is 370 g/mol. The summed E-state index contributed by atoms with van der Waals surface area (Å²) >= 11 is 1.71. The summed E-state index contributed by atoms with van der Waals surface area (Å²) in [4.78, 5) is 22.0. The predicted octanol–water partition coefficient (Wildman–Crippen LogP) is 3.63. The molecule has 1 amide bonds. The van der Waals surface area contributed by atoms with Gasteiger partial charge >= 0.3 is 0 Å². The Morgan fingerprint density at radius 1 is 1.07 bits per heavy atom. The summed E-state index contributed by atoms with van der Waals surface area (Å²) < 4.78 is 3.08. The van der Waals surface area contributed by atoms with Crippen molar-refractivity contribution in [2.24, 2.45) is 5.92 Å². The van der Waals surface area contributed by atoms with Gasteiger partial charge in [-0.25, -0.2) is 4.68 Å². The molecular formula is C21H25N5OS. The van der Waals surface area contributed by atoms with Gasteiger partial charge in [-0.05, 0) is 31.9 Å². The van der Waals surface area contributed by atoms with Crippen LogP contribution in [0.5, 0.6) is 0 Å². The van der Waals surface area contributed by atoms with Crippen molar-refractivity contribution in [1.29, 1.82) is 0 Å². The van der Waals surface area contributed by atoms with E-state index in [0.717, 1.165) is 65.9 Å².